The van der Waals surface area contributed by atoms with Crippen LogP contribution in [0.15, 0.2) is 18.2 Å². The van der Waals surface area contributed by atoms with Crippen LogP contribution in [0.4, 0.5) is 4.39 Å². The SMILES string of the molecule is CCCOCC(O)c1cc(Cl)ccc1F. The van der Waals surface area contributed by atoms with Gasteiger partial charge in [0, 0.05) is 17.2 Å². The summed E-state index contributed by atoms with van der Waals surface area (Å²) in [5.74, 6) is -0.466. The second-order valence-electron chi connectivity index (χ2n) is 3.26. The molecular formula is C11H14ClFO2. The summed E-state index contributed by atoms with van der Waals surface area (Å²) in [6.07, 6.45) is -0.0969. The summed E-state index contributed by atoms with van der Waals surface area (Å²) in [5, 5.41) is 10.0. The molecule has 0 bridgehead atoms. The second-order valence-corrected chi connectivity index (χ2v) is 3.69. The average molecular weight is 233 g/mol. The maximum absolute atomic E-state index is 13.3. The van der Waals surface area contributed by atoms with E-state index in [1.54, 1.807) is 0 Å². The zero-order valence-corrected chi connectivity index (χ0v) is 9.30. The topological polar surface area (TPSA) is 29.5 Å². The van der Waals surface area contributed by atoms with Gasteiger partial charge in [-0.2, -0.15) is 0 Å². The first kappa shape index (κ1) is 12.4. The minimum atomic E-state index is -0.963. The zero-order valence-electron chi connectivity index (χ0n) is 8.54. The van der Waals surface area contributed by atoms with Crippen molar-refractivity contribution < 1.29 is 14.2 Å². The van der Waals surface area contributed by atoms with Crippen molar-refractivity contribution in [3.05, 3.63) is 34.6 Å². The van der Waals surface area contributed by atoms with Gasteiger partial charge in [0.25, 0.3) is 0 Å². The van der Waals surface area contributed by atoms with Crippen LogP contribution in [0.5, 0.6) is 0 Å². The van der Waals surface area contributed by atoms with Crippen LogP contribution in [0.2, 0.25) is 5.02 Å². The van der Waals surface area contributed by atoms with E-state index < -0.39 is 11.9 Å². The van der Waals surface area contributed by atoms with Gasteiger partial charge in [-0.25, -0.2) is 4.39 Å². The molecule has 4 heteroatoms. The molecule has 0 aliphatic carbocycles. The van der Waals surface area contributed by atoms with Gasteiger partial charge in [-0.05, 0) is 24.6 Å². The van der Waals surface area contributed by atoms with Crippen molar-refractivity contribution in [2.45, 2.75) is 19.4 Å². The van der Waals surface area contributed by atoms with Gasteiger partial charge in [0.15, 0.2) is 0 Å². The number of halogens is 2. The molecule has 0 spiro atoms. The number of aliphatic hydroxyl groups is 1. The molecule has 1 aromatic carbocycles. The van der Waals surface area contributed by atoms with Crippen LogP contribution < -0.4 is 0 Å². The smallest absolute Gasteiger partial charge is 0.129 e. The highest BCUT2D eigenvalue weighted by Gasteiger charge is 2.13. The third kappa shape index (κ3) is 3.78. The zero-order chi connectivity index (χ0) is 11.3. The number of hydrogen-bond acceptors (Lipinski definition) is 2. The fourth-order valence-corrected chi connectivity index (χ4v) is 1.38. The first-order valence-corrected chi connectivity index (χ1v) is 5.23. The number of rotatable bonds is 5. The van der Waals surface area contributed by atoms with E-state index in [4.69, 9.17) is 16.3 Å². The predicted octanol–water partition coefficient (Wildman–Crippen LogP) is 2.94. The van der Waals surface area contributed by atoms with Gasteiger partial charge in [-0.3, -0.25) is 0 Å². The fraction of sp³-hybridized carbons (Fsp3) is 0.455. The van der Waals surface area contributed by atoms with Crippen LogP contribution >= 0.6 is 11.6 Å². The number of aliphatic hydroxyl groups excluding tert-OH is 1. The third-order valence-corrected chi connectivity index (χ3v) is 2.18. The van der Waals surface area contributed by atoms with E-state index in [2.05, 4.69) is 0 Å². The monoisotopic (exact) mass is 232 g/mol. The number of hydrogen-bond donors (Lipinski definition) is 1. The molecule has 1 rings (SSSR count). The van der Waals surface area contributed by atoms with Crippen LogP contribution in [0.1, 0.15) is 25.0 Å². The highest BCUT2D eigenvalue weighted by Crippen LogP contribution is 2.21. The van der Waals surface area contributed by atoms with E-state index in [0.29, 0.717) is 11.6 Å². The Morgan fingerprint density at radius 2 is 2.27 bits per heavy atom. The first-order chi connectivity index (χ1) is 7.15. The van der Waals surface area contributed by atoms with E-state index >= 15 is 0 Å². The fourth-order valence-electron chi connectivity index (χ4n) is 1.20. The van der Waals surface area contributed by atoms with Crippen molar-refractivity contribution in [3.8, 4) is 0 Å². The van der Waals surface area contributed by atoms with Crippen LogP contribution in [0, 0.1) is 5.82 Å². The Kier molecular flexibility index (Phi) is 5.02. The van der Waals surface area contributed by atoms with Crippen molar-refractivity contribution in [1.29, 1.82) is 0 Å². The van der Waals surface area contributed by atoms with Crippen molar-refractivity contribution in [2.24, 2.45) is 0 Å². The first-order valence-electron chi connectivity index (χ1n) is 4.86. The molecule has 15 heavy (non-hydrogen) atoms. The lowest BCUT2D eigenvalue weighted by Crippen LogP contribution is -2.09. The van der Waals surface area contributed by atoms with Gasteiger partial charge in [0.05, 0.1) is 6.61 Å². The largest absolute Gasteiger partial charge is 0.386 e. The standard InChI is InChI=1S/C11H14ClFO2/c1-2-5-15-7-11(14)9-6-8(12)3-4-10(9)13/h3-4,6,11,14H,2,5,7H2,1H3. The molecule has 84 valence electrons. The Morgan fingerprint density at radius 1 is 1.53 bits per heavy atom. The number of ether oxygens (including phenoxy) is 1. The summed E-state index contributed by atoms with van der Waals surface area (Å²) in [6, 6.07) is 4.09. The van der Waals surface area contributed by atoms with E-state index in [9.17, 15) is 9.50 Å². The van der Waals surface area contributed by atoms with E-state index in [1.165, 1.54) is 18.2 Å². The lowest BCUT2D eigenvalue weighted by atomic mass is 10.1. The quantitative estimate of drug-likeness (QED) is 0.791. The third-order valence-electron chi connectivity index (χ3n) is 1.94. The van der Waals surface area contributed by atoms with E-state index in [1.807, 2.05) is 6.92 Å². The lowest BCUT2D eigenvalue weighted by Gasteiger charge is -2.12. The van der Waals surface area contributed by atoms with Crippen molar-refractivity contribution >= 4 is 11.6 Å². The number of benzene rings is 1. The predicted molar refractivity (Wildman–Crippen MR) is 57.5 cm³/mol. The summed E-state index contributed by atoms with van der Waals surface area (Å²) in [4.78, 5) is 0. The minimum absolute atomic E-state index is 0.0884. The highest BCUT2D eigenvalue weighted by molar-refractivity contribution is 6.30. The molecule has 0 amide bonds. The summed E-state index contributed by atoms with van der Waals surface area (Å²) in [7, 11) is 0. The molecule has 1 aromatic rings. The average Bonchev–Trinajstić information content (AvgIpc) is 2.22. The summed E-state index contributed by atoms with van der Waals surface area (Å²) < 4.78 is 18.4. The molecule has 1 atom stereocenters. The highest BCUT2D eigenvalue weighted by atomic mass is 35.5. The molecule has 0 aliphatic heterocycles. The molecular weight excluding hydrogens is 219 g/mol. The molecule has 0 fully saturated rings. The maximum atomic E-state index is 13.3. The van der Waals surface area contributed by atoms with Crippen LogP contribution in [0.3, 0.4) is 0 Å². The molecule has 0 aliphatic rings. The Balaban J connectivity index is 2.64. The molecule has 1 N–H and O–H groups in total. The normalized spacial score (nSPS) is 12.8. The van der Waals surface area contributed by atoms with Crippen LogP contribution in [-0.2, 0) is 4.74 Å². The van der Waals surface area contributed by atoms with E-state index in [-0.39, 0.29) is 12.2 Å². The van der Waals surface area contributed by atoms with Crippen molar-refractivity contribution in [3.63, 3.8) is 0 Å². The molecule has 0 radical (unpaired) electrons. The Morgan fingerprint density at radius 3 is 2.93 bits per heavy atom. The van der Waals surface area contributed by atoms with Gasteiger partial charge in [-0.15, -0.1) is 0 Å². The molecule has 2 nitrogen and oxygen atoms in total. The maximum Gasteiger partial charge on any atom is 0.129 e. The second kappa shape index (κ2) is 6.05. The summed E-state index contributed by atoms with van der Waals surface area (Å²) in [5.41, 5.74) is 0.179. The van der Waals surface area contributed by atoms with Crippen LogP contribution in [-0.4, -0.2) is 18.3 Å². The molecule has 0 saturated heterocycles. The van der Waals surface area contributed by atoms with Gasteiger partial charge in [0.2, 0.25) is 0 Å². The van der Waals surface area contributed by atoms with Crippen LogP contribution in [0.25, 0.3) is 0 Å². The Hall–Kier alpha value is -0.640. The summed E-state index contributed by atoms with van der Waals surface area (Å²) >= 11 is 5.70. The Bertz CT molecular complexity index is 317. The molecule has 0 saturated carbocycles. The Labute approximate surface area is 93.6 Å². The minimum Gasteiger partial charge on any atom is -0.386 e. The van der Waals surface area contributed by atoms with Gasteiger partial charge in [-0.1, -0.05) is 18.5 Å². The van der Waals surface area contributed by atoms with Gasteiger partial charge >= 0.3 is 0 Å². The summed E-state index contributed by atoms with van der Waals surface area (Å²) in [6.45, 7) is 2.61. The lowest BCUT2D eigenvalue weighted by molar-refractivity contribution is 0.0346. The van der Waals surface area contributed by atoms with Gasteiger partial charge < -0.3 is 9.84 Å². The van der Waals surface area contributed by atoms with E-state index in [0.717, 1.165) is 6.42 Å². The van der Waals surface area contributed by atoms with Gasteiger partial charge in [0.1, 0.15) is 11.9 Å². The molecule has 0 aromatic heterocycles. The van der Waals surface area contributed by atoms with Crippen molar-refractivity contribution in [1.82, 2.24) is 0 Å². The molecule has 0 heterocycles. The van der Waals surface area contributed by atoms with Crippen molar-refractivity contribution in [2.75, 3.05) is 13.2 Å². The molecule has 1 unspecified atom stereocenters.